The Kier molecular flexibility index (Phi) is 4.79. The van der Waals surface area contributed by atoms with E-state index in [1.54, 1.807) is 0 Å². The van der Waals surface area contributed by atoms with E-state index in [0.717, 1.165) is 38.8 Å². The first-order valence-corrected chi connectivity index (χ1v) is 14.6. The summed E-state index contributed by atoms with van der Waals surface area (Å²) in [7, 11) is 0. The number of nitrogens with zero attached hydrogens (tertiary/aromatic N) is 2. The van der Waals surface area contributed by atoms with Crippen LogP contribution < -0.4 is 5.43 Å². The van der Waals surface area contributed by atoms with Crippen LogP contribution in [0.25, 0.3) is 71.8 Å². The molecule has 0 radical (unpaired) electrons. The lowest BCUT2D eigenvalue weighted by Crippen LogP contribution is -2.14. The first-order valence-electron chi connectivity index (χ1n) is 14.6. The summed E-state index contributed by atoms with van der Waals surface area (Å²) in [4.78, 5) is 18.2. The van der Waals surface area contributed by atoms with Gasteiger partial charge in [0.2, 0.25) is 5.43 Å². The fourth-order valence-electron chi connectivity index (χ4n) is 7.17. The van der Waals surface area contributed by atoms with Crippen LogP contribution in [0.2, 0.25) is 0 Å². The molecule has 4 nitrogen and oxygen atoms in total. The van der Waals surface area contributed by atoms with Gasteiger partial charge in [-0.3, -0.25) is 9.78 Å². The van der Waals surface area contributed by atoms with Gasteiger partial charge in [-0.25, -0.2) is 0 Å². The molecule has 0 bridgehead atoms. The third-order valence-corrected chi connectivity index (χ3v) is 9.24. The Morgan fingerprint density at radius 1 is 0.651 bits per heavy atom. The highest BCUT2D eigenvalue weighted by molar-refractivity contribution is 6.10. The normalized spacial score (nSPS) is 13.6. The van der Waals surface area contributed by atoms with Crippen LogP contribution >= 0.6 is 0 Å². The van der Waals surface area contributed by atoms with Crippen molar-refractivity contribution in [3.63, 3.8) is 0 Å². The highest BCUT2D eigenvalue weighted by atomic mass is 16.3. The monoisotopic (exact) mass is 554 g/mol. The number of pyridine rings is 1. The smallest absolute Gasteiger partial charge is 0.200 e. The lowest BCUT2D eigenvalue weighted by Gasteiger charge is -2.21. The predicted octanol–water partition coefficient (Wildman–Crippen LogP) is 9.41. The highest BCUT2D eigenvalue weighted by Gasteiger charge is 2.36. The van der Waals surface area contributed by atoms with Crippen LogP contribution in [-0.2, 0) is 5.41 Å². The van der Waals surface area contributed by atoms with Crippen molar-refractivity contribution in [3.8, 4) is 27.9 Å². The van der Waals surface area contributed by atoms with Crippen molar-refractivity contribution < 1.29 is 4.42 Å². The molecular weight excluding hydrogens is 528 g/mol. The Bertz CT molecular complexity index is 2510. The van der Waals surface area contributed by atoms with E-state index in [2.05, 4.69) is 85.1 Å². The van der Waals surface area contributed by atoms with E-state index in [9.17, 15) is 4.79 Å². The third-order valence-electron chi connectivity index (χ3n) is 9.24. The van der Waals surface area contributed by atoms with Crippen molar-refractivity contribution in [2.75, 3.05) is 0 Å². The van der Waals surface area contributed by atoms with E-state index in [1.807, 2.05) is 54.7 Å². The van der Waals surface area contributed by atoms with Gasteiger partial charge in [-0.2, -0.15) is 0 Å². The van der Waals surface area contributed by atoms with Crippen molar-refractivity contribution in [3.05, 3.63) is 143 Å². The van der Waals surface area contributed by atoms with Crippen molar-refractivity contribution in [2.24, 2.45) is 0 Å². The van der Waals surface area contributed by atoms with Crippen LogP contribution in [-0.4, -0.2) is 9.55 Å². The van der Waals surface area contributed by atoms with E-state index >= 15 is 0 Å². The quantitative estimate of drug-likeness (QED) is 0.200. The molecule has 0 fully saturated rings. The van der Waals surface area contributed by atoms with E-state index in [1.165, 1.54) is 22.3 Å². The summed E-state index contributed by atoms with van der Waals surface area (Å²) in [6.07, 6.45) is 1.87. The summed E-state index contributed by atoms with van der Waals surface area (Å²) in [5.41, 5.74) is 12.4. The number of fused-ring (bicyclic) bond motifs is 8. The van der Waals surface area contributed by atoms with Gasteiger partial charge in [-0.1, -0.05) is 74.5 Å². The molecule has 0 saturated carbocycles. The second kappa shape index (κ2) is 8.52. The van der Waals surface area contributed by atoms with E-state index in [0.29, 0.717) is 21.9 Å². The van der Waals surface area contributed by atoms with Crippen LogP contribution in [0.3, 0.4) is 0 Å². The maximum atomic E-state index is 13.4. The molecule has 0 amide bonds. The molecule has 0 aliphatic heterocycles. The summed E-state index contributed by atoms with van der Waals surface area (Å²) in [5, 5.41) is 2.31. The fraction of sp³-hybridized carbons (Fsp3) is 0.0769. The van der Waals surface area contributed by atoms with Crippen molar-refractivity contribution in [1.82, 2.24) is 9.55 Å². The molecule has 0 N–H and O–H groups in total. The second-order valence-electron chi connectivity index (χ2n) is 12.0. The first-order chi connectivity index (χ1) is 21.0. The molecule has 5 aromatic carbocycles. The molecule has 204 valence electrons. The van der Waals surface area contributed by atoms with Crippen LogP contribution in [0.15, 0.2) is 131 Å². The Balaban J connectivity index is 1.31. The summed E-state index contributed by atoms with van der Waals surface area (Å²) >= 11 is 0. The molecule has 0 unspecified atom stereocenters. The molecule has 3 heterocycles. The lowest BCUT2D eigenvalue weighted by atomic mass is 9.82. The lowest BCUT2D eigenvalue weighted by molar-refractivity contribution is 0.660. The van der Waals surface area contributed by atoms with Gasteiger partial charge in [-0.15, -0.1) is 0 Å². The zero-order valence-corrected chi connectivity index (χ0v) is 23.8. The number of hydrogen-bond donors (Lipinski definition) is 0. The molecule has 4 heteroatoms. The minimum Gasteiger partial charge on any atom is -0.455 e. The first kappa shape index (κ1) is 24.2. The topological polar surface area (TPSA) is 48.0 Å². The maximum Gasteiger partial charge on any atom is 0.200 e. The minimum atomic E-state index is -0.111. The molecule has 0 spiro atoms. The van der Waals surface area contributed by atoms with Crippen molar-refractivity contribution in [1.29, 1.82) is 0 Å². The SMILES string of the molecule is CC1(C)c2ccccc2-c2cc3c4ncccc4n(-c4cccc(-c5cccc6c(=O)c7ccccc7oc56)c4)c3cc21. The van der Waals surface area contributed by atoms with Gasteiger partial charge >= 0.3 is 0 Å². The zero-order valence-electron chi connectivity index (χ0n) is 23.8. The largest absolute Gasteiger partial charge is 0.455 e. The Morgan fingerprint density at radius 2 is 1.44 bits per heavy atom. The van der Waals surface area contributed by atoms with Crippen molar-refractivity contribution >= 4 is 43.9 Å². The fourth-order valence-corrected chi connectivity index (χ4v) is 7.17. The molecule has 1 aliphatic carbocycles. The Labute approximate surface area is 247 Å². The zero-order chi connectivity index (χ0) is 28.9. The summed E-state index contributed by atoms with van der Waals surface area (Å²) in [6.45, 7) is 4.63. The van der Waals surface area contributed by atoms with Gasteiger partial charge in [0.25, 0.3) is 0 Å². The number of para-hydroxylation sites is 2. The number of aromatic nitrogens is 2. The van der Waals surface area contributed by atoms with E-state index in [4.69, 9.17) is 9.40 Å². The van der Waals surface area contributed by atoms with E-state index < -0.39 is 0 Å². The molecule has 0 saturated heterocycles. The molecule has 0 atom stereocenters. The van der Waals surface area contributed by atoms with Gasteiger partial charge < -0.3 is 8.98 Å². The summed E-state index contributed by atoms with van der Waals surface area (Å²) in [5.74, 6) is 0. The second-order valence-corrected chi connectivity index (χ2v) is 12.0. The van der Waals surface area contributed by atoms with Gasteiger partial charge in [-0.05, 0) is 82.4 Å². The number of benzene rings is 5. The van der Waals surface area contributed by atoms with Gasteiger partial charge in [0.15, 0.2) is 0 Å². The van der Waals surface area contributed by atoms with Gasteiger partial charge in [0.05, 0.1) is 27.3 Å². The number of rotatable bonds is 2. The molecule has 1 aliphatic rings. The van der Waals surface area contributed by atoms with Gasteiger partial charge in [0, 0.05) is 28.2 Å². The molecule has 9 rings (SSSR count). The predicted molar refractivity (Wildman–Crippen MR) is 175 cm³/mol. The van der Waals surface area contributed by atoms with Crippen LogP contribution in [0.4, 0.5) is 0 Å². The average molecular weight is 555 g/mol. The van der Waals surface area contributed by atoms with Crippen LogP contribution in [0, 0.1) is 0 Å². The van der Waals surface area contributed by atoms with E-state index in [-0.39, 0.29) is 10.8 Å². The standard InChI is InChI=1S/C39H26N2O2/c1-39(2)31-16-5-3-12-26(31)29-21-30-34(22-32(29)39)41(33-17-9-19-40-36(30)33)24-11-7-10-23(20-24)25-14-8-15-28-37(42)27-13-4-6-18-35(27)43-38(25)28/h3-22H,1-2H3. The third kappa shape index (κ3) is 3.26. The Hall–Kier alpha value is -5.48. The molecular formula is C39H26N2O2. The van der Waals surface area contributed by atoms with Crippen LogP contribution in [0.5, 0.6) is 0 Å². The van der Waals surface area contributed by atoms with Gasteiger partial charge in [0.1, 0.15) is 11.2 Å². The van der Waals surface area contributed by atoms with Crippen LogP contribution in [0.1, 0.15) is 25.0 Å². The molecule has 3 aromatic heterocycles. The Morgan fingerprint density at radius 3 is 2.37 bits per heavy atom. The molecule has 43 heavy (non-hydrogen) atoms. The maximum absolute atomic E-state index is 13.4. The molecule has 8 aromatic rings. The minimum absolute atomic E-state index is 0.0132. The summed E-state index contributed by atoms with van der Waals surface area (Å²) in [6, 6.07) is 39.3. The highest BCUT2D eigenvalue weighted by Crippen LogP contribution is 2.50. The number of hydrogen-bond acceptors (Lipinski definition) is 3. The van der Waals surface area contributed by atoms with Crippen molar-refractivity contribution in [2.45, 2.75) is 19.3 Å². The average Bonchev–Trinajstić information content (AvgIpc) is 3.48. The summed E-state index contributed by atoms with van der Waals surface area (Å²) < 4.78 is 8.69.